The summed E-state index contributed by atoms with van der Waals surface area (Å²) in [6, 6.07) is 8.77. The fourth-order valence-electron chi connectivity index (χ4n) is 2.95. The van der Waals surface area contributed by atoms with Gasteiger partial charge in [0.05, 0.1) is 6.10 Å². The molecule has 3 nitrogen and oxygen atoms in total. The first-order valence-electron chi connectivity index (χ1n) is 8.47. The molecule has 1 aromatic carbocycles. The average molecular weight is 336 g/mol. The van der Waals surface area contributed by atoms with E-state index in [1.807, 2.05) is 11.8 Å². The monoisotopic (exact) mass is 336 g/mol. The predicted molar refractivity (Wildman–Crippen MR) is 95.2 cm³/mol. The second-order valence-corrected chi connectivity index (χ2v) is 8.62. The van der Waals surface area contributed by atoms with Gasteiger partial charge in [-0.25, -0.2) is 4.79 Å². The van der Waals surface area contributed by atoms with Crippen LogP contribution in [0.3, 0.4) is 0 Å². The number of thioether (sulfide) groups is 1. The lowest BCUT2D eigenvalue weighted by Gasteiger charge is -2.25. The van der Waals surface area contributed by atoms with Crippen LogP contribution in [0, 0.1) is 0 Å². The standard InChI is InChI=1S/C19H28O3S/c1-19(2,3)14-9-11-15(12-10-14)23-17-8-6-4-5-7-16(17)22-13-18(20)21/h9-12,16-17H,4-8,13H2,1-3H3,(H,20,21)/t16-,17+/m1/s1. The zero-order chi connectivity index (χ0) is 16.9. The first-order chi connectivity index (χ1) is 10.9. The number of carbonyl (C=O) groups is 1. The van der Waals surface area contributed by atoms with Gasteiger partial charge in [0.25, 0.3) is 0 Å². The van der Waals surface area contributed by atoms with E-state index in [1.165, 1.54) is 23.3 Å². The fourth-order valence-corrected chi connectivity index (χ4v) is 4.25. The van der Waals surface area contributed by atoms with Crippen molar-refractivity contribution in [3.63, 3.8) is 0 Å². The minimum Gasteiger partial charge on any atom is -0.480 e. The van der Waals surface area contributed by atoms with E-state index < -0.39 is 5.97 Å². The van der Waals surface area contributed by atoms with Crippen molar-refractivity contribution in [2.24, 2.45) is 0 Å². The highest BCUT2D eigenvalue weighted by molar-refractivity contribution is 8.00. The molecule has 2 atom stereocenters. The van der Waals surface area contributed by atoms with Crippen LogP contribution >= 0.6 is 11.8 Å². The molecule has 0 aromatic heterocycles. The minimum absolute atomic E-state index is 0.0425. The van der Waals surface area contributed by atoms with Gasteiger partial charge in [-0.05, 0) is 36.0 Å². The largest absolute Gasteiger partial charge is 0.480 e. The van der Waals surface area contributed by atoms with Gasteiger partial charge in [-0.15, -0.1) is 11.8 Å². The van der Waals surface area contributed by atoms with Gasteiger partial charge in [0.15, 0.2) is 0 Å². The van der Waals surface area contributed by atoms with Crippen LogP contribution in [0.5, 0.6) is 0 Å². The maximum Gasteiger partial charge on any atom is 0.329 e. The van der Waals surface area contributed by atoms with Crippen LogP contribution in [0.15, 0.2) is 29.2 Å². The van der Waals surface area contributed by atoms with E-state index in [9.17, 15) is 4.79 Å². The first kappa shape index (κ1) is 18.3. The van der Waals surface area contributed by atoms with E-state index in [-0.39, 0.29) is 18.1 Å². The summed E-state index contributed by atoms with van der Waals surface area (Å²) >= 11 is 1.84. The van der Waals surface area contributed by atoms with E-state index in [1.54, 1.807) is 0 Å². The highest BCUT2D eigenvalue weighted by Crippen LogP contribution is 2.35. The van der Waals surface area contributed by atoms with Crippen molar-refractivity contribution >= 4 is 17.7 Å². The molecule has 0 radical (unpaired) electrons. The second kappa shape index (κ2) is 8.20. The van der Waals surface area contributed by atoms with Crippen molar-refractivity contribution in [3.8, 4) is 0 Å². The summed E-state index contributed by atoms with van der Waals surface area (Å²) in [6.07, 6.45) is 5.64. The SMILES string of the molecule is CC(C)(C)c1ccc(S[C@H]2CCCCC[C@H]2OCC(=O)O)cc1. The molecule has 1 aromatic rings. The molecular weight excluding hydrogens is 308 g/mol. The van der Waals surface area contributed by atoms with Crippen LogP contribution in [0.2, 0.25) is 0 Å². The topological polar surface area (TPSA) is 46.5 Å². The van der Waals surface area contributed by atoms with Gasteiger partial charge in [0, 0.05) is 10.1 Å². The van der Waals surface area contributed by atoms with E-state index >= 15 is 0 Å². The minimum atomic E-state index is -0.882. The van der Waals surface area contributed by atoms with Crippen LogP contribution in [0.1, 0.15) is 58.4 Å². The lowest BCUT2D eigenvalue weighted by molar-refractivity contribution is -0.144. The summed E-state index contributed by atoms with van der Waals surface area (Å²) in [5, 5.41) is 9.21. The summed E-state index contributed by atoms with van der Waals surface area (Å²) in [7, 11) is 0. The molecule has 1 aliphatic rings. The van der Waals surface area contributed by atoms with Crippen molar-refractivity contribution < 1.29 is 14.6 Å². The molecule has 1 saturated carbocycles. The third-order valence-corrected chi connectivity index (χ3v) is 5.71. The van der Waals surface area contributed by atoms with E-state index in [0.29, 0.717) is 5.25 Å². The molecule has 0 bridgehead atoms. The highest BCUT2D eigenvalue weighted by Gasteiger charge is 2.26. The van der Waals surface area contributed by atoms with Gasteiger partial charge >= 0.3 is 5.97 Å². The molecule has 2 rings (SSSR count). The summed E-state index contributed by atoms with van der Waals surface area (Å²) in [6.45, 7) is 6.47. The van der Waals surface area contributed by atoms with Crippen molar-refractivity contribution in [1.82, 2.24) is 0 Å². The van der Waals surface area contributed by atoms with E-state index in [4.69, 9.17) is 9.84 Å². The Bertz CT molecular complexity index is 504. The predicted octanol–water partition coefficient (Wildman–Crippen LogP) is 4.88. The Morgan fingerprint density at radius 3 is 2.43 bits per heavy atom. The van der Waals surface area contributed by atoms with Crippen LogP contribution < -0.4 is 0 Å². The Morgan fingerprint density at radius 1 is 1.17 bits per heavy atom. The molecule has 128 valence electrons. The lowest BCUT2D eigenvalue weighted by atomic mass is 9.87. The fraction of sp³-hybridized carbons (Fsp3) is 0.632. The van der Waals surface area contributed by atoms with Crippen molar-refractivity contribution in [3.05, 3.63) is 29.8 Å². The van der Waals surface area contributed by atoms with Crippen LogP contribution in [0.25, 0.3) is 0 Å². The normalized spacial score (nSPS) is 22.6. The molecule has 1 fully saturated rings. The summed E-state index contributed by atoms with van der Waals surface area (Å²) in [5.74, 6) is -0.882. The number of carboxylic acids is 1. The third-order valence-electron chi connectivity index (χ3n) is 4.32. The summed E-state index contributed by atoms with van der Waals surface area (Å²) < 4.78 is 5.67. The molecule has 0 amide bonds. The molecule has 1 aliphatic carbocycles. The number of carboxylic acid groups (broad SMARTS) is 1. The Kier molecular flexibility index (Phi) is 6.54. The lowest BCUT2D eigenvalue weighted by Crippen LogP contribution is -2.27. The van der Waals surface area contributed by atoms with Gasteiger partial charge in [-0.1, -0.05) is 52.2 Å². The molecular formula is C19H28O3S. The quantitative estimate of drug-likeness (QED) is 0.779. The maximum atomic E-state index is 10.8. The smallest absolute Gasteiger partial charge is 0.329 e. The summed E-state index contributed by atoms with van der Waals surface area (Å²) in [5.41, 5.74) is 1.50. The van der Waals surface area contributed by atoms with E-state index in [2.05, 4.69) is 45.0 Å². The van der Waals surface area contributed by atoms with Crippen LogP contribution in [-0.4, -0.2) is 29.0 Å². The van der Waals surface area contributed by atoms with Crippen molar-refractivity contribution in [1.29, 1.82) is 0 Å². The zero-order valence-corrected chi connectivity index (χ0v) is 15.2. The Labute approximate surface area is 143 Å². The Balaban J connectivity index is 2.03. The van der Waals surface area contributed by atoms with Crippen molar-refractivity contribution in [2.75, 3.05) is 6.61 Å². The van der Waals surface area contributed by atoms with Crippen LogP contribution in [0.4, 0.5) is 0 Å². The highest BCUT2D eigenvalue weighted by atomic mass is 32.2. The number of ether oxygens (including phenoxy) is 1. The van der Waals surface area contributed by atoms with Gasteiger partial charge in [-0.3, -0.25) is 0 Å². The third kappa shape index (κ3) is 5.85. The molecule has 4 heteroatoms. The Hall–Kier alpha value is -1.00. The maximum absolute atomic E-state index is 10.8. The number of hydrogen-bond acceptors (Lipinski definition) is 3. The van der Waals surface area contributed by atoms with Gasteiger partial charge in [0.2, 0.25) is 0 Å². The molecule has 1 N–H and O–H groups in total. The Morgan fingerprint density at radius 2 is 1.83 bits per heavy atom. The van der Waals surface area contributed by atoms with Crippen LogP contribution in [-0.2, 0) is 14.9 Å². The molecule has 0 spiro atoms. The number of rotatable bonds is 5. The van der Waals surface area contributed by atoms with E-state index in [0.717, 1.165) is 19.3 Å². The first-order valence-corrected chi connectivity index (χ1v) is 9.35. The van der Waals surface area contributed by atoms with Crippen molar-refractivity contribution in [2.45, 2.75) is 74.5 Å². The van der Waals surface area contributed by atoms with Gasteiger partial charge in [0.1, 0.15) is 6.61 Å². The number of hydrogen-bond donors (Lipinski definition) is 1. The molecule has 0 heterocycles. The molecule has 0 saturated heterocycles. The van der Waals surface area contributed by atoms with Gasteiger partial charge in [-0.2, -0.15) is 0 Å². The summed E-state index contributed by atoms with van der Waals surface area (Å²) in [4.78, 5) is 12.0. The molecule has 23 heavy (non-hydrogen) atoms. The molecule has 0 aliphatic heterocycles. The zero-order valence-electron chi connectivity index (χ0n) is 14.4. The second-order valence-electron chi connectivity index (χ2n) is 7.31. The van der Waals surface area contributed by atoms with Gasteiger partial charge < -0.3 is 9.84 Å². The number of benzene rings is 1. The molecule has 0 unspecified atom stereocenters. The average Bonchev–Trinajstić information content (AvgIpc) is 2.70. The number of aliphatic carboxylic acids is 1.